The fraction of sp³-hybridized carbons (Fsp3) is 0.583. The van der Waals surface area contributed by atoms with Crippen molar-refractivity contribution in [1.82, 2.24) is 10.2 Å². The molecule has 4 nitrogen and oxygen atoms in total. The summed E-state index contributed by atoms with van der Waals surface area (Å²) in [7, 11) is 0. The van der Waals surface area contributed by atoms with Crippen LogP contribution in [0.3, 0.4) is 0 Å². The SMILES string of the molecule is Cc1ccsc1C1CN(CC(C)CN)C(=O)N1. The predicted molar refractivity (Wildman–Crippen MR) is 70.1 cm³/mol. The maximum absolute atomic E-state index is 11.8. The lowest BCUT2D eigenvalue weighted by atomic mass is 10.1. The molecule has 2 heterocycles. The van der Waals surface area contributed by atoms with Crippen LogP contribution < -0.4 is 11.1 Å². The van der Waals surface area contributed by atoms with Crippen molar-refractivity contribution < 1.29 is 4.79 Å². The lowest BCUT2D eigenvalue weighted by Crippen LogP contribution is -2.34. The van der Waals surface area contributed by atoms with Gasteiger partial charge in [0.15, 0.2) is 0 Å². The number of hydrogen-bond donors (Lipinski definition) is 2. The van der Waals surface area contributed by atoms with Crippen molar-refractivity contribution in [3.8, 4) is 0 Å². The number of amides is 2. The average molecular weight is 253 g/mol. The molecule has 0 radical (unpaired) electrons. The van der Waals surface area contributed by atoms with Gasteiger partial charge >= 0.3 is 6.03 Å². The largest absolute Gasteiger partial charge is 0.330 e. The van der Waals surface area contributed by atoms with Crippen molar-refractivity contribution in [3.63, 3.8) is 0 Å². The zero-order valence-corrected chi connectivity index (χ0v) is 11.1. The summed E-state index contributed by atoms with van der Waals surface area (Å²) in [6.07, 6.45) is 0. The van der Waals surface area contributed by atoms with E-state index < -0.39 is 0 Å². The van der Waals surface area contributed by atoms with Crippen molar-refractivity contribution in [3.05, 3.63) is 21.9 Å². The van der Waals surface area contributed by atoms with E-state index in [4.69, 9.17) is 5.73 Å². The maximum Gasteiger partial charge on any atom is 0.318 e. The van der Waals surface area contributed by atoms with E-state index in [0.717, 1.165) is 13.1 Å². The predicted octanol–water partition coefficient (Wildman–Crippen LogP) is 1.72. The quantitative estimate of drug-likeness (QED) is 0.858. The molecule has 0 saturated carbocycles. The molecule has 2 amide bonds. The Hall–Kier alpha value is -1.07. The summed E-state index contributed by atoms with van der Waals surface area (Å²) in [5.41, 5.74) is 6.85. The number of aryl methyl sites for hydroxylation is 1. The number of nitrogens with one attached hydrogen (secondary N) is 1. The summed E-state index contributed by atoms with van der Waals surface area (Å²) in [5.74, 6) is 0.351. The van der Waals surface area contributed by atoms with Gasteiger partial charge in [0.2, 0.25) is 0 Å². The van der Waals surface area contributed by atoms with Crippen molar-refractivity contribution >= 4 is 17.4 Å². The third kappa shape index (κ3) is 2.61. The minimum absolute atomic E-state index is 0.0306. The van der Waals surface area contributed by atoms with Crippen LogP contribution in [0.4, 0.5) is 4.79 Å². The number of carbonyl (C=O) groups is 1. The Morgan fingerprint density at radius 2 is 2.47 bits per heavy atom. The van der Waals surface area contributed by atoms with Gasteiger partial charge < -0.3 is 16.0 Å². The normalized spacial score (nSPS) is 21.7. The van der Waals surface area contributed by atoms with E-state index in [1.165, 1.54) is 10.4 Å². The Kier molecular flexibility index (Phi) is 3.69. The molecule has 0 aliphatic carbocycles. The molecule has 1 aliphatic rings. The van der Waals surface area contributed by atoms with E-state index >= 15 is 0 Å². The number of carbonyl (C=O) groups excluding carboxylic acids is 1. The monoisotopic (exact) mass is 253 g/mol. The van der Waals surface area contributed by atoms with Crippen LogP contribution in [0, 0.1) is 12.8 Å². The second kappa shape index (κ2) is 5.06. The summed E-state index contributed by atoms with van der Waals surface area (Å²) in [6, 6.07) is 2.27. The van der Waals surface area contributed by atoms with Crippen LogP contribution in [0.2, 0.25) is 0 Å². The molecule has 3 N–H and O–H groups in total. The highest BCUT2D eigenvalue weighted by atomic mass is 32.1. The van der Waals surface area contributed by atoms with Gasteiger partial charge in [-0.3, -0.25) is 0 Å². The molecule has 0 bridgehead atoms. The maximum atomic E-state index is 11.8. The Bertz CT molecular complexity index is 404. The molecule has 2 atom stereocenters. The minimum Gasteiger partial charge on any atom is -0.330 e. The first-order valence-corrected chi connectivity index (χ1v) is 6.79. The summed E-state index contributed by atoms with van der Waals surface area (Å²) in [5, 5.41) is 5.10. The van der Waals surface area contributed by atoms with Crippen LogP contribution >= 0.6 is 11.3 Å². The highest BCUT2D eigenvalue weighted by molar-refractivity contribution is 7.10. The summed E-state index contributed by atoms with van der Waals surface area (Å²) < 4.78 is 0. The van der Waals surface area contributed by atoms with E-state index in [1.54, 1.807) is 11.3 Å². The molecule has 17 heavy (non-hydrogen) atoms. The molecule has 1 aromatic heterocycles. The average Bonchev–Trinajstić information content (AvgIpc) is 2.86. The third-order valence-electron chi connectivity index (χ3n) is 3.14. The van der Waals surface area contributed by atoms with Crippen LogP contribution in [0.1, 0.15) is 23.4 Å². The van der Waals surface area contributed by atoms with Crippen LogP contribution in [0.15, 0.2) is 11.4 Å². The molecule has 0 spiro atoms. The first kappa shape index (κ1) is 12.4. The topological polar surface area (TPSA) is 58.4 Å². The molecule has 1 fully saturated rings. The lowest BCUT2D eigenvalue weighted by Gasteiger charge is -2.18. The van der Waals surface area contributed by atoms with Gasteiger partial charge in [-0.05, 0) is 36.4 Å². The lowest BCUT2D eigenvalue weighted by molar-refractivity contribution is 0.211. The number of rotatable bonds is 4. The first-order valence-electron chi connectivity index (χ1n) is 5.91. The molecular weight excluding hydrogens is 234 g/mol. The van der Waals surface area contributed by atoms with Gasteiger partial charge in [-0.15, -0.1) is 11.3 Å². The van der Waals surface area contributed by atoms with Crippen molar-refractivity contribution in [2.75, 3.05) is 19.6 Å². The third-order valence-corrected chi connectivity index (χ3v) is 4.27. The molecule has 2 rings (SSSR count). The van der Waals surface area contributed by atoms with E-state index in [9.17, 15) is 4.79 Å². The van der Waals surface area contributed by atoms with Crippen LogP contribution in [0.5, 0.6) is 0 Å². The van der Waals surface area contributed by atoms with Gasteiger partial charge in [0.1, 0.15) is 0 Å². The standard InChI is InChI=1S/C12H19N3OS/c1-8(5-13)6-15-7-10(14-12(15)16)11-9(2)3-4-17-11/h3-4,8,10H,5-7,13H2,1-2H3,(H,14,16). The van der Waals surface area contributed by atoms with Crippen molar-refractivity contribution in [2.24, 2.45) is 11.7 Å². The smallest absolute Gasteiger partial charge is 0.318 e. The molecule has 5 heteroatoms. The van der Waals surface area contributed by atoms with E-state index in [0.29, 0.717) is 12.5 Å². The van der Waals surface area contributed by atoms with Gasteiger partial charge in [0.05, 0.1) is 6.04 Å². The van der Waals surface area contributed by atoms with Crippen LogP contribution in [0.25, 0.3) is 0 Å². The molecule has 2 unspecified atom stereocenters. The summed E-state index contributed by atoms with van der Waals surface area (Å²) in [4.78, 5) is 14.9. The Morgan fingerprint density at radius 1 is 1.71 bits per heavy atom. The summed E-state index contributed by atoms with van der Waals surface area (Å²) >= 11 is 1.71. The summed E-state index contributed by atoms with van der Waals surface area (Å²) in [6.45, 7) is 6.26. The Morgan fingerprint density at radius 3 is 3.06 bits per heavy atom. The second-order valence-electron chi connectivity index (χ2n) is 4.72. The zero-order chi connectivity index (χ0) is 12.4. The van der Waals surface area contributed by atoms with E-state index in [1.807, 2.05) is 4.90 Å². The number of thiophene rings is 1. The van der Waals surface area contributed by atoms with Gasteiger partial charge in [-0.1, -0.05) is 6.92 Å². The molecule has 94 valence electrons. The minimum atomic E-state index is 0.0306. The van der Waals surface area contributed by atoms with Crippen molar-refractivity contribution in [2.45, 2.75) is 19.9 Å². The molecule has 1 saturated heterocycles. The number of nitrogens with zero attached hydrogens (tertiary/aromatic N) is 1. The molecular formula is C12H19N3OS. The molecule has 0 aromatic carbocycles. The Labute approximate surface area is 106 Å². The fourth-order valence-corrected chi connectivity index (χ4v) is 3.06. The number of urea groups is 1. The van der Waals surface area contributed by atoms with Gasteiger partial charge in [0, 0.05) is 18.0 Å². The highest BCUT2D eigenvalue weighted by Crippen LogP contribution is 2.28. The number of hydrogen-bond acceptors (Lipinski definition) is 3. The molecule has 1 aliphatic heterocycles. The number of nitrogens with two attached hydrogens (primary N) is 1. The van der Waals surface area contributed by atoms with Crippen LogP contribution in [-0.4, -0.2) is 30.6 Å². The van der Waals surface area contributed by atoms with Crippen molar-refractivity contribution in [1.29, 1.82) is 0 Å². The van der Waals surface area contributed by atoms with Gasteiger partial charge in [0.25, 0.3) is 0 Å². The second-order valence-corrected chi connectivity index (χ2v) is 5.66. The van der Waals surface area contributed by atoms with E-state index in [2.05, 4.69) is 30.6 Å². The zero-order valence-electron chi connectivity index (χ0n) is 10.3. The van der Waals surface area contributed by atoms with E-state index in [-0.39, 0.29) is 12.1 Å². The van der Waals surface area contributed by atoms with Gasteiger partial charge in [-0.25, -0.2) is 4.79 Å². The molecule has 1 aromatic rings. The first-order chi connectivity index (χ1) is 8.11. The Balaban J connectivity index is 2.02. The highest BCUT2D eigenvalue weighted by Gasteiger charge is 2.31. The van der Waals surface area contributed by atoms with Crippen LogP contribution in [-0.2, 0) is 0 Å². The van der Waals surface area contributed by atoms with Gasteiger partial charge in [-0.2, -0.15) is 0 Å². The fourth-order valence-electron chi connectivity index (χ4n) is 2.09.